The van der Waals surface area contributed by atoms with Gasteiger partial charge in [0, 0.05) is 24.3 Å². The van der Waals surface area contributed by atoms with E-state index in [1.165, 1.54) is 25.0 Å². The van der Waals surface area contributed by atoms with E-state index in [1.54, 1.807) is 12.1 Å². The Morgan fingerprint density at radius 2 is 1.50 bits per heavy atom. The van der Waals surface area contributed by atoms with E-state index in [-0.39, 0.29) is 5.91 Å². The number of rotatable bonds is 11. The number of anilines is 2. The van der Waals surface area contributed by atoms with E-state index in [4.69, 9.17) is 0 Å². The summed E-state index contributed by atoms with van der Waals surface area (Å²) < 4.78 is 37.8. The molecule has 0 heterocycles. The Labute approximate surface area is 176 Å². The maximum absolute atomic E-state index is 12.6. The molecule has 162 valence electrons. The monoisotopic (exact) mass is 418 g/mol. The number of amides is 1. The number of unbranched alkanes of at least 4 members (excludes halogenated alkanes) is 3. The number of alkyl halides is 3. The van der Waals surface area contributed by atoms with Crippen molar-refractivity contribution in [1.29, 1.82) is 0 Å². The maximum Gasteiger partial charge on any atom is 0.416 e. The fourth-order valence-corrected chi connectivity index (χ4v) is 2.85. The minimum Gasteiger partial charge on any atom is -0.381 e. The minimum atomic E-state index is -4.32. The molecule has 0 fully saturated rings. The van der Waals surface area contributed by atoms with E-state index in [9.17, 15) is 18.0 Å². The molecule has 0 aliphatic carbocycles. The molecule has 0 spiro atoms. The van der Waals surface area contributed by atoms with Crippen LogP contribution in [0.15, 0.2) is 60.7 Å². The van der Waals surface area contributed by atoms with Gasteiger partial charge in [0.1, 0.15) is 0 Å². The van der Waals surface area contributed by atoms with Crippen LogP contribution in [0.1, 0.15) is 56.6 Å². The average molecular weight is 419 g/mol. The zero-order valence-electron chi connectivity index (χ0n) is 17.3. The molecule has 30 heavy (non-hydrogen) atoms. The van der Waals surface area contributed by atoms with Gasteiger partial charge in [-0.3, -0.25) is 4.79 Å². The van der Waals surface area contributed by atoms with Crippen LogP contribution in [0, 0.1) is 0 Å². The second-order valence-electron chi connectivity index (χ2n) is 7.18. The van der Waals surface area contributed by atoms with Crippen molar-refractivity contribution >= 4 is 17.3 Å². The fraction of sp³-hybridized carbons (Fsp3) is 0.375. The fourth-order valence-electron chi connectivity index (χ4n) is 2.85. The summed E-state index contributed by atoms with van der Waals surface area (Å²) in [5.74, 6) is -0.0116. The largest absolute Gasteiger partial charge is 0.416 e. The summed E-state index contributed by atoms with van der Waals surface area (Å²) in [4.78, 5) is 12.0. The summed E-state index contributed by atoms with van der Waals surface area (Å²) in [6.07, 6.45) is 5.69. The van der Waals surface area contributed by atoms with Crippen molar-refractivity contribution in [1.82, 2.24) is 0 Å². The second kappa shape index (κ2) is 12.1. The highest BCUT2D eigenvalue weighted by Crippen LogP contribution is 2.29. The second-order valence-corrected chi connectivity index (χ2v) is 7.18. The molecule has 0 unspecified atom stereocenters. The molecule has 2 rings (SSSR count). The topological polar surface area (TPSA) is 41.1 Å². The predicted octanol–water partition coefficient (Wildman–Crippen LogP) is 7.17. The normalized spacial score (nSPS) is 11.6. The molecule has 0 aromatic heterocycles. The van der Waals surface area contributed by atoms with Gasteiger partial charge in [0.25, 0.3) is 0 Å². The summed E-state index contributed by atoms with van der Waals surface area (Å²) in [7, 11) is 0. The van der Waals surface area contributed by atoms with Crippen LogP contribution in [0.25, 0.3) is 0 Å². The highest BCUT2D eigenvalue weighted by molar-refractivity contribution is 5.90. The Morgan fingerprint density at radius 3 is 2.10 bits per heavy atom. The number of carbonyl (C=O) groups is 1. The van der Waals surface area contributed by atoms with Crippen molar-refractivity contribution in [3.63, 3.8) is 0 Å². The summed E-state index contributed by atoms with van der Waals surface area (Å²) >= 11 is 0. The molecule has 1 amide bonds. The van der Waals surface area contributed by atoms with Crippen LogP contribution in [0.3, 0.4) is 0 Å². The molecule has 2 aromatic rings. The van der Waals surface area contributed by atoms with Gasteiger partial charge in [-0.2, -0.15) is 13.2 Å². The smallest absolute Gasteiger partial charge is 0.381 e. The SMILES string of the molecule is CCCC/C=C/CCCC(=O)Nc1ccc(NCc2ccc(C(F)(F)F)cc2)cc1. The molecule has 0 aliphatic heterocycles. The number of benzene rings is 2. The van der Waals surface area contributed by atoms with Gasteiger partial charge in [0.05, 0.1) is 5.56 Å². The van der Waals surface area contributed by atoms with Gasteiger partial charge >= 0.3 is 6.18 Å². The first-order chi connectivity index (χ1) is 14.4. The molecule has 0 atom stereocenters. The van der Waals surface area contributed by atoms with Gasteiger partial charge in [-0.1, -0.05) is 44.1 Å². The van der Waals surface area contributed by atoms with Gasteiger partial charge in [0.15, 0.2) is 0 Å². The van der Waals surface area contributed by atoms with E-state index in [0.717, 1.165) is 48.3 Å². The Kier molecular flexibility index (Phi) is 9.45. The zero-order valence-corrected chi connectivity index (χ0v) is 17.3. The van der Waals surface area contributed by atoms with Gasteiger partial charge < -0.3 is 10.6 Å². The molecular formula is C24H29F3N2O. The van der Waals surface area contributed by atoms with Crippen LogP contribution in [0.4, 0.5) is 24.5 Å². The lowest BCUT2D eigenvalue weighted by atomic mass is 10.1. The first-order valence-electron chi connectivity index (χ1n) is 10.3. The molecule has 6 heteroatoms. The lowest BCUT2D eigenvalue weighted by Gasteiger charge is -2.10. The molecule has 2 N–H and O–H groups in total. The van der Waals surface area contributed by atoms with Crippen LogP contribution in [0.2, 0.25) is 0 Å². The van der Waals surface area contributed by atoms with Crippen molar-refractivity contribution in [3.05, 3.63) is 71.8 Å². The number of hydrogen-bond donors (Lipinski definition) is 2. The van der Waals surface area contributed by atoms with Crippen LogP contribution >= 0.6 is 0 Å². The lowest BCUT2D eigenvalue weighted by Crippen LogP contribution is -2.11. The van der Waals surface area contributed by atoms with Gasteiger partial charge in [0.2, 0.25) is 5.91 Å². The number of nitrogens with one attached hydrogen (secondary N) is 2. The van der Waals surface area contributed by atoms with Crippen LogP contribution in [-0.2, 0) is 17.5 Å². The quantitative estimate of drug-likeness (QED) is 0.300. The van der Waals surface area contributed by atoms with Crippen molar-refractivity contribution in [2.75, 3.05) is 10.6 Å². The third-order valence-corrected chi connectivity index (χ3v) is 4.61. The number of hydrogen-bond acceptors (Lipinski definition) is 2. The van der Waals surface area contributed by atoms with Gasteiger partial charge in [-0.25, -0.2) is 0 Å². The summed E-state index contributed by atoms with van der Waals surface area (Å²) in [6.45, 7) is 2.58. The lowest BCUT2D eigenvalue weighted by molar-refractivity contribution is -0.137. The summed E-state index contributed by atoms with van der Waals surface area (Å²) in [5.41, 5.74) is 1.65. The highest BCUT2D eigenvalue weighted by atomic mass is 19.4. The number of allylic oxidation sites excluding steroid dienone is 2. The van der Waals surface area contributed by atoms with E-state index in [1.807, 2.05) is 12.1 Å². The molecule has 0 bridgehead atoms. The number of halogens is 3. The molecule has 3 nitrogen and oxygen atoms in total. The van der Waals surface area contributed by atoms with Crippen molar-refractivity contribution < 1.29 is 18.0 Å². The molecule has 0 radical (unpaired) electrons. The summed E-state index contributed by atoms with van der Waals surface area (Å²) in [5, 5.41) is 6.04. The van der Waals surface area contributed by atoms with Crippen LogP contribution in [-0.4, -0.2) is 5.91 Å². The Bertz CT molecular complexity index is 797. The van der Waals surface area contributed by atoms with E-state index < -0.39 is 11.7 Å². The zero-order chi connectivity index (χ0) is 21.8. The first-order valence-corrected chi connectivity index (χ1v) is 10.3. The van der Waals surface area contributed by atoms with Crippen molar-refractivity contribution in [3.8, 4) is 0 Å². The highest BCUT2D eigenvalue weighted by Gasteiger charge is 2.29. The molecule has 2 aromatic carbocycles. The van der Waals surface area contributed by atoms with Crippen molar-refractivity contribution in [2.24, 2.45) is 0 Å². The predicted molar refractivity (Wildman–Crippen MR) is 116 cm³/mol. The van der Waals surface area contributed by atoms with Gasteiger partial charge in [-0.15, -0.1) is 0 Å². The third kappa shape index (κ3) is 8.72. The van der Waals surface area contributed by atoms with Gasteiger partial charge in [-0.05, 0) is 61.2 Å². The summed E-state index contributed by atoms with van der Waals surface area (Å²) in [6, 6.07) is 12.3. The molecule has 0 saturated heterocycles. The van der Waals surface area contributed by atoms with Crippen LogP contribution in [0.5, 0.6) is 0 Å². The Hall–Kier alpha value is -2.76. The maximum atomic E-state index is 12.6. The van der Waals surface area contributed by atoms with E-state index >= 15 is 0 Å². The Morgan fingerprint density at radius 1 is 0.900 bits per heavy atom. The minimum absolute atomic E-state index is 0.0116. The third-order valence-electron chi connectivity index (χ3n) is 4.61. The van der Waals surface area contributed by atoms with Crippen molar-refractivity contribution in [2.45, 2.75) is 58.2 Å². The van der Waals surface area contributed by atoms with E-state index in [0.29, 0.717) is 13.0 Å². The molecule has 0 aliphatic rings. The number of carbonyl (C=O) groups excluding carboxylic acids is 1. The first kappa shape index (κ1) is 23.5. The molecule has 0 saturated carbocycles. The van der Waals surface area contributed by atoms with Crippen LogP contribution < -0.4 is 10.6 Å². The Balaban J connectivity index is 1.71. The standard InChI is InChI=1S/C24H29F3N2O/c1-2-3-4-5-6-7-8-9-23(30)29-22-16-14-21(15-17-22)28-18-19-10-12-20(13-11-19)24(25,26)27/h5-6,10-17,28H,2-4,7-9,18H2,1H3,(H,29,30)/b6-5+. The van der Waals surface area contributed by atoms with E-state index in [2.05, 4.69) is 29.7 Å². The molecular weight excluding hydrogens is 389 g/mol. The average Bonchev–Trinajstić information content (AvgIpc) is 2.72.